The molecule has 8 atom stereocenters. The molecule has 0 aromatic carbocycles. The lowest BCUT2D eigenvalue weighted by Crippen LogP contribution is -2.60. The highest BCUT2D eigenvalue weighted by Crippen LogP contribution is 2.71. The first-order chi connectivity index (χ1) is 18.4. The molecule has 1 heterocycles. The fourth-order valence-corrected chi connectivity index (χ4v) is 12.7. The van der Waals surface area contributed by atoms with E-state index < -0.39 is 30.7 Å². The van der Waals surface area contributed by atoms with Crippen LogP contribution in [-0.2, 0) is 22.9 Å². The minimum atomic E-state index is -1.89. The average molecular weight is 608 g/mol. The maximum atomic E-state index is 7.28. The lowest BCUT2D eigenvalue weighted by Gasteiger charge is -2.61. The van der Waals surface area contributed by atoms with Crippen LogP contribution in [0, 0.1) is 34.5 Å². The maximum Gasteiger partial charge on any atom is 0.187 e. The second-order valence-electron chi connectivity index (χ2n) is 16.7. The minimum Gasteiger partial charge on any atom is -0.414 e. The Hall–Kier alpha value is -0.299. The molecule has 9 heteroatoms. The van der Waals surface area contributed by atoms with Gasteiger partial charge in [-0.05, 0) is 133 Å². The van der Waals surface area contributed by atoms with E-state index in [0.717, 1.165) is 38.0 Å². The molecule has 228 valence electrons. The second kappa shape index (κ2) is 10.4. The molecule has 0 bridgehead atoms. The molecule has 0 amide bonds. The first-order valence-electron chi connectivity index (χ1n) is 15.9. The zero-order valence-corrected chi connectivity index (χ0v) is 30.3. The number of fused-ring (bicyclic) bond motifs is 4. The third kappa shape index (κ3) is 5.66. The van der Waals surface area contributed by atoms with E-state index in [1.165, 1.54) is 19.3 Å². The van der Waals surface area contributed by atoms with Crippen LogP contribution in [0.1, 0.15) is 51.9 Å². The van der Waals surface area contributed by atoms with Gasteiger partial charge in [-0.3, -0.25) is 0 Å². The van der Waals surface area contributed by atoms with Crippen LogP contribution < -0.4 is 0 Å². The van der Waals surface area contributed by atoms with Crippen LogP contribution in [0.2, 0.25) is 58.9 Å². The molecule has 0 aromatic heterocycles. The molecule has 1 aliphatic heterocycles. The fraction of sp³-hybridized carbons (Fsp3) is 0.903. The molecule has 4 aliphatic carbocycles. The van der Waals surface area contributed by atoms with Crippen LogP contribution in [0.5, 0.6) is 0 Å². The lowest BCUT2D eigenvalue weighted by molar-refractivity contribution is -0.200. The van der Waals surface area contributed by atoms with Gasteiger partial charge < -0.3 is 22.9 Å². The smallest absolute Gasteiger partial charge is 0.187 e. The highest BCUT2D eigenvalue weighted by Gasteiger charge is 2.71. The Morgan fingerprint density at radius 1 is 0.950 bits per heavy atom. The molecule has 1 saturated heterocycles. The number of hydrogen-bond acceptors (Lipinski definition) is 6. The summed E-state index contributed by atoms with van der Waals surface area (Å²) in [4.78, 5) is 5.18. The molecule has 5 rings (SSSR count). The van der Waals surface area contributed by atoms with E-state index in [-0.39, 0.29) is 16.9 Å². The Morgan fingerprint density at radius 3 is 2.30 bits per heavy atom. The maximum absolute atomic E-state index is 7.28. The quantitative estimate of drug-likeness (QED) is 0.208. The summed E-state index contributed by atoms with van der Waals surface area (Å²) in [5, 5.41) is 4.34. The highest BCUT2D eigenvalue weighted by atomic mass is 28.4. The van der Waals surface area contributed by atoms with Gasteiger partial charge >= 0.3 is 0 Å². The van der Waals surface area contributed by atoms with E-state index in [9.17, 15) is 0 Å². The summed E-state index contributed by atoms with van der Waals surface area (Å²) >= 11 is 0. The SMILES string of the molecule is CO/N=C1\C=C2CC[C@@H]3[C@H]([C@@H](O[Si](C)(C)C)C[C@]45COC(CO[Si](C)(C)C)(O[Si](C)(C)C)[C@H]4CC[C@@H]35)[C@@]2(C)CC1. The van der Waals surface area contributed by atoms with Crippen molar-refractivity contribution in [2.24, 2.45) is 39.7 Å². The molecule has 3 saturated carbocycles. The normalized spacial score (nSPS) is 42.6. The van der Waals surface area contributed by atoms with E-state index in [0.29, 0.717) is 30.3 Å². The van der Waals surface area contributed by atoms with Crippen molar-refractivity contribution < 1.29 is 22.9 Å². The highest BCUT2D eigenvalue weighted by molar-refractivity contribution is 6.70. The number of allylic oxidation sites excluding steroid dienone is 2. The molecular weight excluding hydrogens is 551 g/mol. The Morgan fingerprint density at radius 2 is 1.68 bits per heavy atom. The molecule has 6 nitrogen and oxygen atoms in total. The van der Waals surface area contributed by atoms with Crippen molar-refractivity contribution in [2.45, 2.75) is 123 Å². The molecule has 1 spiro atoms. The zero-order valence-electron chi connectivity index (χ0n) is 27.3. The van der Waals surface area contributed by atoms with Crippen molar-refractivity contribution in [2.75, 3.05) is 20.3 Å². The van der Waals surface area contributed by atoms with Gasteiger partial charge in [0.25, 0.3) is 0 Å². The molecular formula is C31H57NO5Si3. The summed E-state index contributed by atoms with van der Waals surface area (Å²) in [5.41, 5.74) is 2.95. The fourth-order valence-electron chi connectivity index (χ4n) is 9.60. The van der Waals surface area contributed by atoms with Crippen molar-refractivity contribution in [3.63, 3.8) is 0 Å². The molecule has 5 aliphatic rings. The van der Waals surface area contributed by atoms with Crippen LogP contribution in [0.4, 0.5) is 0 Å². The van der Waals surface area contributed by atoms with Crippen LogP contribution in [0.3, 0.4) is 0 Å². The summed E-state index contributed by atoms with van der Waals surface area (Å²) < 4.78 is 28.0. The monoisotopic (exact) mass is 607 g/mol. The predicted octanol–water partition coefficient (Wildman–Crippen LogP) is 7.81. The average Bonchev–Trinajstić information content (AvgIpc) is 3.31. The van der Waals surface area contributed by atoms with Crippen molar-refractivity contribution in [3.8, 4) is 0 Å². The summed E-state index contributed by atoms with van der Waals surface area (Å²) in [6.45, 7) is 24.8. The van der Waals surface area contributed by atoms with Gasteiger partial charge in [0.2, 0.25) is 0 Å². The third-order valence-corrected chi connectivity index (χ3v) is 13.6. The van der Waals surface area contributed by atoms with Crippen LogP contribution in [0.25, 0.3) is 0 Å². The largest absolute Gasteiger partial charge is 0.414 e. The molecule has 0 aromatic rings. The Balaban J connectivity index is 1.54. The standard InChI is InChI=1S/C31H57NO5Si3/c1-29-17-16-23(32-33-2)18-22(29)12-13-24-25-14-15-27-30(25,19-26(28(24)29)36-39(6,7)8)20-34-31(27,37-40(9,10)11)21-35-38(3,4)5/h18,24-28H,12-17,19-21H2,1-11H3/b32-23-/t24-,25-,26-,27-,28+,29-,30+,31?/m0/s1. The van der Waals surface area contributed by atoms with Crippen LogP contribution >= 0.6 is 0 Å². The van der Waals surface area contributed by atoms with E-state index in [4.69, 9.17) is 22.9 Å². The number of hydrogen-bond donors (Lipinski definition) is 0. The van der Waals surface area contributed by atoms with E-state index >= 15 is 0 Å². The van der Waals surface area contributed by atoms with Gasteiger partial charge in [0.15, 0.2) is 30.7 Å². The number of oxime groups is 1. The first kappa shape index (κ1) is 31.1. The Labute approximate surface area is 247 Å². The molecule has 40 heavy (non-hydrogen) atoms. The summed E-state index contributed by atoms with van der Waals surface area (Å²) in [6.07, 6.45) is 10.7. The second-order valence-corrected chi connectivity index (χ2v) is 30.1. The van der Waals surface area contributed by atoms with Gasteiger partial charge in [-0.15, -0.1) is 0 Å². The van der Waals surface area contributed by atoms with Crippen molar-refractivity contribution in [1.82, 2.24) is 0 Å². The zero-order chi connectivity index (χ0) is 29.4. The van der Waals surface area contributed by atoms with Crippen LogP contribution in [0.15, 0.2) is 16.8 Å². The van der Waals surface area contributed by atoms with Crippen LogP contribution in [-0.4, -0.2) is 62.9 Å². The van der Waals surface area contributed by atoms with Crippen molar-refractivity contribution >= 4 is 30.7 Å². The van der Waals surface area contributed by atoms with Crippen molar-refractivity contribution in [3.05, 3.63) is 11.6 Å². The Bertz CT molecular complexity index is 1030. The number of rotatable bonds is 8. The number of ether oxygens (including phenoxy) is 1. The van der Waals surface area contributed by atoms with Gasteiger partial charge in [0, 0.05) is 17.4 Å². The topological polar surface area (TPSA) is 58.5 Å². The summed E-state index contributed by atoms with van der Waals surface area (Å²) in [7, 11) is -3.76. The summed E-state index contributed by atoms with van der Waals surface area (Å²) in [6, 6.07) is 0. The Kier molecular flexibility index (Phi) is 8.10. The molecule has 1 unspecified atom stereocenters. The van der Waals surface area contributed by atoms with E-state index in [1.807, 2.05) is 0 Å². The molecule has 0 radical (unpaired) electrons. The molecule has 0 N–H and O–H groups in total. The van der Waals surface area contributed by atoms with Gasteiger partial charge in [-0.2, -0.15) is 0 Å². The predicted molar refractivity (Wildman–Crippen MR) is 170 cm³/mol. The molecule has 4 fully saturated rings. The third-order valence-electron chi connectivity index (χ3n) is 10.6. The number of nitrogens with zero attached hydrogens (tertiary/aromatic N) is 1. The van der Waals surface area contributed by atoms with E-state index in [1.54, 1.807) is 12.7 Å². The van der Waals surface area contributed by atoms with Gasteiger partial charge in [0.05, 0.1) is 18.9 Å². The van der Waals surface area contributed by atoms with Gasteiger partial charge in [-0.25, -0.2) is 0 Å². The van der Waals surface area contributed by atoms with Gasteiger partial charge in [0.1, 0.15) is 7.11 Å². The van der Waals surface area contributed by atoms with Gasteiger partial charge in [-0.1, -0.05) is 17.7 Å². The summed E-state index contributed by atoms with van der Waals surface area (Å²) in [5.74, 6) is 1.63. The van der Waals surface area contributed by atoms with E-state index in [2.05, 4.69) is 77.1 Å². The first-order valence-corrected chi connectivity index (χ1v) is 26.1. The lowest BCUT2D eigenvalue weighted by atomic mass is 9.45. The van der Waals surface area contributed by atoms with Crippen molar-refractivity contribution in [1.29, 1.82) is 0 Å². The minimum absolute atomic E-state index is 0.114.